The summed E-state index contributed by atoms with van der Waals surface area (Å²) in [5.41, 5.74) is 1.14. The lowest BCUT2D eigenvalue weighted by atomic mass is 10.1. The van der Waals surface area contributed by atoms with E-state index in [4.69, 9.17) is 14.5 Å². The highest BCUT2D eigenvalue weighted by molar-refractivity contribution is 5.81. The fourth-order valence-electron chi connectivity index (χ4n) is 4.17. The number of nitrogens with one attached hydrogen (secondary N) is 1. The molecule has 0 radical (unpaired) electrons. The number of piperazine rings is 1. The van der Waals surface area contributed by atoms with Crippen molar-refractivity contribution in [2.75, 3.05) is 66.6 Å². The molecular formula is C23H37N5O3. The fourth-order valence-corrected chi connectivity index (χ4v) is 4.17. The van der Waals surface area contributed by atoms with Gasteiger partial charge >= 0.3 is 0 Å². The smallest absolute Gasteiger partial charge is 0.224 e. The molecule has 0 atom stereocenters. The minimum atomic E-state index is 0.231. The van der Waals surface area contributed by atoms with E-state index in [0.29, 0.717) is 13.0 Å². The standard InChI is InChI=1S/C23H37N5O3/c1-4-24-23(25-10-9-22(29)27-11-5-6-12-27)28-15-13-26(14-16-28)18-19-17-20(30-2)7-8-21(19)31-3/h7-8,17H,4-6,9-16,18H2,1-3H3,(H,24,25). The van der Waals surface area contributed by atoms with Gasteiger partial charge in [-0.1, -0.05) is 0 Å². The van der Waals surface area contributed by atoms with E-state index in [2.05, 4.69) is 22.0 Å². The average molecular weight is 432 g/mol. The van der Waals surface area contributed by atoms with Gasteiger partial charge in [0, 0.05) is 64.3 Å². The van der Waals surface area contributed by atoms with E-state index in [-0.39, 0.29) is 5.91 Å². The topological polar surface area (TPSA) is 69.6 Å². The first-order valence-corrected chi connectivity index (χ1v) is 11.4. The van der Waals surface area contributed by atoms with Crippen LogP contribution in [0.5, 0.6) is 11.5 Å². The Kier molecular flexibility index (Phi) is 8.82. The Morgan fingerprint density at radius 2 is 1.77 bits per heavy atom. The van der Waals surface area contributed by atoms with Gasteiger partial charge in [0.15, 0.2) is 5.96 Å². The third kappa shape index (κ3) is 6.50. The van der Waals surface area contributed by atoms with E-state index >= 15 is 0 Å². The van der Waals surface area contributed by atoms with Crippen LogP contribution in [0.3, 0.4) is 0 Å². The predicted molar refractivity (Wildman–Crippen MR) is 123 cm³/mol. The first-order chi connectivity index (χ1) is 15.1. The summed E-state index contributed by atoms with van der Waals surface area (Å²) in [5, 5.41) is 3.39. The summed E-state index contributed by atoms with van der Waals surface area (Å²) in [6, 6.07) is 5.94. The molecule has 0 aliphatic carbocycles. The highest BCUT2D eigenvalue weighted by Gasteiger charge is 2.21. The van der Waals surface area contributed by atoms with Crippen molar-refractivity contribution in [3.63, 3.8) is 0 Å². The minimum Gasteiger partial charge on any atom is -0.497 e. The predicted octanol–water partition coefficient (Wildman–Crippen LogP) is 1.80. The second kappa shape index (κ2) is 11.8. The Balaban J connectivity index is 1.52. The van der Waals surface area contributed by atoms with Crippen molar-refractivity contribution in [1.82, 2.24) is 20.0 Å². The van der Waals surface area contributed by atoms with E-state index < -0.39 is 0 Å². The molecular weight excluding hydrogens is 394 g/mol. The number of carbonyl (C=O) groups excluding carboxylic acids is 1. The normalized spacial score (nSPS) is 17.7. The second-order valence-electron chi connectivity index (χ2n) is 8.01. The molecule has 0 aromatic heterocycles. The van der Waals surface area contributed by atoms with Crippen molar-refractivity contribution in [3.8, 4) is 11.5 Å². The zero-order valence-electron chi connectivity index (χ0n) is 19.2. The van der Waals surface area contributed by atoms with E-state index in [0.717, 1.165) is 88.2 Å². The average Bonchev–Trinajstić information content (AvgIpc) is 3.34. The molecule has 0 bridgehead atoms. The van der Waals surface area contributed by atoms with Crippen molar-refractivity contribution in [2.24, 2.45) is 4.99 Å². The molecule has 3 rings (SSSR count). The molecule has 2 heterocycles. The number of nitrogens with zero attached hydrogens (tertiary/aromatic N) is 4. The Hall–Kier alpha value is -2.48. The molecule has 1 aromatic rings. The fraction of sp³-hybridized carbons (Fsp3) is 0.652. The molecule has 1 amide bonds. The van der Waals surface area contributed by atoms with Gasteiger partial charge < -0.3 is 24.6 Å². The summed E-state index contributed by atoms with van der Waals surface area (Å²) in [6.07, 6.45) is 2.75. The number of likely N-dealkylation sites (tertiary alicyclic amines) is 1. The summed E-state index contributed by atoms with van der Waals surface area (Å²) >= 11 is 0. The molecule has 0 spiro atoms. The number of methoxy groups -OCH3 is 2. The largest absolute Gasteiger partial charge is 0.497 e. The van der Waals surface area contributed by atoms with Crippen LogP contribution in [-0.2, 0) is 11.3 Å². The number of carbonyl (C=O) groups is 1. The van der Waals surface area contributed by atoms with Crippen molar-refractivity contribution >= 4 is 11.9 Å². The Labute approximate surface area is 186 Å². The van der Waals surface area contributed by atoms with Crippen LogP contribution in [0.25, 0.3) is 0 Å². The zero-order valence-corrected chi connectivity index (χ0v) is 19.2. The Bertz CT molecular complexity index is 741. The SMILES string of the molecule is CCNC(=NCCC(=O)N1CCCC1)N1CCN(Cc2cc(OC)ccc2OC)CC1. The van der Waals surface area contributed by atoms with Crippen LogP contribution >= 0.6 is 0 Å². The molecule has 1 aromatic carbocycles. The molecule has 172 valence electrons. The number of aliphatic imine (C=N–C) groups is 1. The van der Waals surface area contributed by atoms with E-state index in [9.17, 15) is 4.79 Å². The summed E-state index contributed by atoms with van der Waals surface area (Å²) in [7, 11) is 3.39. The lowest BCUT2D eigenvalue weighted by molar-refractivity contribution is -0.129. The molecule has 2 saturated heterocycles. The Morgan fingerprint density at radius 1 is 1.03 bits per heavy atom. The van der Waals surface area contributed by atoms with Crippen LogP contribution in [0.4, 0.5) is 0 Å². The van der Waals surface area contributed by atoms with Crippen LogP contribution in [0.15, 0.2) is 23.2 Å². The van der Waals surface area contributed by atoms with Crippen molar-refractivity contribution in [3.05, 3.63) is 23.8 Å². The van der Waals surface area contributed by atoms with Crippen molar-refractivity contribution in [1.29, 1.82) is 0 Å². The van der Waals surface area contributed by atoms with E-state index in [1.807, 2.05) is 23.1 Å². The monoisotopic (exact) mass is 431 g/mol. The number of amides is 1. The van der Waals surface area contributed by atoms with Gasteiger partial charge in [-0.2, -0.15) is 0 Å². The first kappa shape index (κ1) is 23.2. The van der Waals surface area contributed by atoms with Gasteiger partial charge in [-0.25, -0.2) is 0 Å². The van der Waals surface area contributed by atoms with Gasteiger partial charge in [-0.15, -0.1) is 0 Å². The van der Waals surface area contributed by atoms with Crippen LogP contribution in [-0.4, -0.2) is 93.1 Å². The van der Waals surface area contributed by atoms with E-state index in [1.54, 1.807) is 14.2 Å². The highest BCUT2D eigenvalue weighted by atomic mass is 16.5. The summed E-state index contributed by atoms with van der Waals surface area (Å²) in [4.78, 5) is 23.7. The third-order valence-electron chi connectivity index (χ3n) is 5.93. The molecule has 31 heavy (non-hydrogen) atoms. The summed E-state index contributed by atoms with van der Waals surface area (Å²) in [6.45, 7) is 9.76. The summed E-state index contributed by atoms with van der Waals surface area (Å²) in [5.74, 6) is 2.88. The van der Waals surface area contributed by atoms with Gasteiger partial charge in [0.1, 0.15) is 11.5 Å². The summed E-state index contributed by atoms with van der Waals surface area (Å²) < 4.78 is 10.9. The number of rotatable bonds is 8. The molecule has 2 fully saturated rings. The zero-order chi connectivity index (χ0) is 22.1. The number of hydrogen-bond acceptors (Lipinski definition) is 5. The molecule has 0 unspecified atom stereocenters. The lowest BCUT2D eigenvalue weighted by Gasteiger charge is -2.36. The molecule has 8 heteroatoms. The van der Waals surface area contributed by atoms with Crippen molar-refractivity contribution < 1.29 is 14.3 Å². The molecule has 1 N–H and O–H groups in total. The number of benzene rings is 1. The maximum atomic E-state index is 12.3. The third-order valence-corrected chi connectivity index (χ3v) is 5.93. The molecule has 2 aliphatic heterocycles. The second-order valence-corrected chi connectivity index (χ2v) is 8.01. The van der Waals surface area contributed by atoms with Gasteiger partial charge in [0.25, 0.3) is 0 Å². The quantitative estimate of drug-likeness (QED) is 0.500. The molecule has 8 nitrogen and oxygen atoms in total. The van der Waals surface area contributed by atoms with Crippen LogP contribution in [0, 0.1) is 0 Å². The molecule has 2 aliphatic rings. The maximum absolute atomic E-state index is 12.3. The highest BCUT2D eigenvalue weighted by Crippen LogP contribution is 2.25. The van der Waals surface area contributed by atoms with Crippen molar-refractivity contribution in [2.45, 2.75) is 32.7 Å². The van der Waals surface area contributed by atoms with Gasteiger partial charge in [-0.3, -0.25) is 14.7 Å². The van der Waals surface area contributed by atoms with Gasteiger partial charge in [-0.05, 0) is 38.0 Å². The number of guanidine groups is 1. The van der Waals surface area contributed by atoms with E-state index in [1.165, 1.54) is 0 Å². The van der Waals surface area contributed by atoms with Crippen LogP contribution in [0.2, 0.25) is 0 Å². The number of hydrogen-bond donors (Lipinski definition) is 1. The minimum absolute atomic E-state index is 0.231. The molecule has 0 saturated carbocycles. The Morgan fingerprint density at radius 3 is 2.42 bits per heavy atom. The maximum Gasteiger partial charge on any atom is 0.224 e. The van der Waals surface area contributed by atoms with Crippen LogP contribution < -0.4 is 14.8 Å². The number of ether oxygens (including phenoxy) is 2. The van der Waals surface area contributed by atoms with Gasteiger partial charge in [0.2, 0.25) is 5.91 Å². The first-order valence-electron chi connectivity index (χ1n) is 11.4. The lowest BCUT2D eigenvalue weighted by Crippen LogP contribution is -2.52. The van der Waals surface area contributed by atoms with Crippen LogP contribution in [0.1, 0.15) is 31.7 Å². The van der Waals surface area contributed by atoms with Gasteiger partial charge in [0.05, 0.1) is 20.8 Å².